The lowest BCUT2D eigenvalue weighted by Gasteiger charge is -2.35. The Hall–Kier alpha value is -0.620. The number of carbonyl (C=O) groups excluding carboxylic acids is 1. The Morgan fingerprint density at radius 2 is 2.18 bits per heavy atom. The second kappa shape index (κ2) is 4.94. The fourth-order valence-electron chi connectivity index (χ4n) is 2.61. The van der Waals surface area contributed by atoms with E-state index in [1.165, 1.54) is 6.26 Å². The lowest BCUT2D eigenvalue weighted by molar-refractivity contribution is -0.124. The first-order valence-corrected chi connectivity index (χ1v) is 7.96. The number of amides is 1. The van der Waals surface area contributed by atoms with Crippen molar-refractivity contribution in [1.82, 2.24) is 5.32 Å². The van der Waals surface area contributed by atoms with E-state index in [0.717, 1.165) is 6.42 Å². The lowest BCUT2D eigenvalue weighted by Crippen LogP contribution is -2.64. The van der Waals surface area contributed by atoms with Gasteiger partial charge in [0.1, 0.15) is 5.54 Å². The van der Waals surface area contributed by atoms with Crippen molar-refractivity contribution < 1.29 is 13.2 Å². The van der Waals surface area contributed by atoms with E-state index in [1.807, 2.05) is 13.8 Å². The number of sulfone groups is 1. The van der Waals surface area contributed by atoms with Gasteiger partial charge in [-0.15, -0.1) is 0 Å². The summed E-state index contributed by atoms with van der Waals surface area (Å²) in [4.78, 5) is 11.7. The predicted octanol–water partition coefficient (Wildman–Crippen LogP) is 0.196. The van der Waals surface area contributed by atoms with Gasteiger partial charge in [0.25, 0.3) is 0 Å². The van der Waals surface area contributed by atoms with Crippen LogP contribution in [0.3, 0.4) is 0 Å². The second-order valence-corrected chi connectivity index (χ2v) is 7.23. The van der Waals surface area contributed by atoms with Crippen molar-refractivity contribution in [1.29, 1.82) is 0 Å². The summed E-state index contributed by atoms with van der Waals surface area (Å²) < 4.78 is 23.6. The van der Waals surface area contributed by atoms with Crippen LogP contribution in [0.5, 0.6) is 0 Å². The molecule has 0 radical (unpaired) electrons. The fourth-order valence-corrected chi connectivity index (χ4v) is 4.24. The van der Waals surface area contributed by atoms with Gasteiger partial charge in [-0.3, -0.25) is 10.1 Å². The van der Waals surface area contributed by atoms with Crippen LogP contribution in [-0.2, 0) is 14.6 Å². The van der Waals surface area contributed by atoms with E-state index in [0.29, 0.717) is 19.3 Å². The van der Waals surface area contributed by atoms with E-state index in [1.54, 1.807) is 0 Å². The molecule has 5 nitrogen and oxygen atoms in total. The van der Waals surface area contributed by atoms with Gasteiger partial charge in [0.15, 0.2) is 9.84 Å². The smallest absolute Gasteiger partial charge is 0.239 e. The molecule has 0 aromatic rings. The van der Waals surface area contributed by atoms with Crippen molar-refractivity contribution in [2.45, 2.75) is 56.4 Å². The van der Waals surface area contributed by atoms with Gasteiger partial charge in [0.2, 0.25) is 5.91 Å². The maximum Gasteiger partial charge on any atom is 0.239 e. The second-order valence-electron chi connectivity index (χ2n) is 5.00. The van der Waals surface area contributed by atoms with Crippen LogP contribution in [0.4, 0.5) is 0 Å². The summed E-state index contributed by atoms with van der Waals surface area (Å²) in [5.41, 5.74) is 4.38. The first-order valence-electron chi connectivity index (χ1n) is 6.00. The molecule has 1 saturated carbocycles. The fraction of sp³-hybridized carbons (Fsp3) is 0.909. The molecule has 0 spiro atoms. The molecule has 1 rings (SSSR count). The summed E-state index contributed by atoms with van der Waals surface area (Å²) in [6.07, 6.45) is 3.73. The Kier molecular flexibility index (Phi) is 4.19. The van der Waals surface area contributed by atoms with E-state index in [-0.39, 0.29) is 6.04 Å². The van der Waals surface area contributed by atoms with Crippen LogP contribution >= 0.6 is 0 Å². The molecule has 1 aliphatic rings. The van der Waals surface area contributed by atoms with Crippen molar-refractivity contribution in [2.24, 2.45) is 5.73 Å². The molecule has 0 aromatic heterocycles. The van der Waals surface area contributed by atoms with Gasteiger partial charge in [0, 0.05) is 12.3 Å². The third-order valence-corrected chi connectivity index (χ3v) is 5.33. The summed E-state index contributed by atoms with van der Waals surface area (Å²) in [6.45, 7) is 3.92. The van der Waals surface area contributed by atoms with E-state index in [2.05, 4.69) is 5.32 Å². The highest BCUT2D eigenvalue weighted by molar-refractivity contribution is 7.91. The average Bonchev–Trinajstić information content (AvgIpc) is 2.62. The molecule has 0 aromatic carbocycles. The van der Waals surface area contributed by atoms with Crippen molar-refractivity contribution in [3.63, 3.8) is 0 Å². The molecule has 17 heavy (non-hydrogen) atoms. The number of carbonyl (C=O) groups is 1. The van der Waals surface area contributed by atoms with Crippen LogP contribution in [0.25, 0.3) is 0 Å². The van der Waals surface area contributed by atoms with E-state index in [4.69, 9.17) is 5.73 Å². The van der Waals surface area contributed by atoms with Crippen LogP contribution < -0.4 is 11.1 Å². The highest BCUT2D eigenvalue weighted by Gasteiger charge is 2.52. The predicted molar refractivity (Wildman–Crippen MR) is 67.3 cm³/mol. The molecule has 0 saturated heterocycles. The molecular weight excluding hydrogens is 240 g/mol. The van der Waals surface area contributed by atoms with Crippen molar-refractivity contribution in [3.8, 4) is 0 Å². The van der Waals surface area contributed by atoms with Gasteiger partial charge in [-0.2, -0.15) is 0 Å². The minimum atomic E-state index is -3.27. The topological polar surface area (TPSA) is 89.3 Å². The Morgan fingerprint density at radius 1 is 1.59 bits per heavy atom. The first-order chi connectivity index (χ1) is 7.74. The summed E-state index contributed by atoms with van der Waals surface area (Å²) in [5.74, 6) is -0.550. The van der Waals surface area contributed by atoms with Crippen LogP contribution in [0, 0.1) is 0 Å². The molecule has 0 heterocycles. The molecule has 3 N–H and O–H groups in total. The maximum absolute atomic E-state index is 11.8. The molecule has 0 bridgehead atoms. The Labute approximate surface area is 103 Å². The van der Waals surface area contributed by atoms with Gasteiger partial charge in [-0.05, 0) is 32.6 Å². The van der Waals surface area contributed by atoms with Crippen LogP contribution in [-0.4, -0.2) is 37.4 Å². The number of hydrogen-bond acceptors (Lipinski definition) is 4. The molecule has 3 atom stereocenters. The van der Waals surface area contributed by atoms with Crippen molar-refractivity contribution in [3.05, 3.63) is 0 Å². The van der Waals surface area contributed by atoms with E-state index >= 15 is 0 Å². The number of rotatable bonds is 5. The van der Waals surface area contributed by atoms with Gasteiger partial charge in [-0.25, -0.2) is 8.42 Å². The molecule has 1 aliphatic carbocycles. The zero-order valence-corrected chi connectivity index (χ0v) is 11.5. The molecule has 100 valence electrons. The van der Waals surface area contributed by atoms with Crippen molar-refractivity contribution in [2.75, 3.05) is 6.26 Å². The lowest BCUT2D eigenvalue weighted by atomic mass is 9.94. The van der Waals surface area contributed by atoms with Crippen LogP contribution in [0.2, 0.25) is 0 Å². The SMILES string of the molecule is CCC(C)NC1(C(N)=O)CCCC1S(C)(=O)=O. The molecule has 0 aliphatic heterocycles. The highest BCUT2D eigenvalue weighted by atomic mass is 32.2. The van der Waals surface area contributed by atoms with Gasteiger partial charge >= 0.3 is 0 Å². The zero-order valence-electron chi connectivity index (χ0n) is 10.7. The third-order valence-electron chi connectivity index (χ3n) is 3.66. The maximum atomic E-state index is 11.8. The van der Waals surface area contributed by atoms with Gasteiger partial charge in [-0.1, -0.05) is 6.92 Å². The van der Waals surface area contributed by atoms with Crippen LogP contribution in [0.15, 0.2) is 0 Å². The number of nitrogens with one attached hydrogen (secondary N) is 1. The number of hydrogen-bond donors (Lipinski definition) is 2. The minimum absolute atomic E-state index is 0.0739. The molecular formula is C11H22N2O3S. The highest BCUT2D eigenvalue weighted by Crippen LogP contribution is 2.35. The summed E-state index contributed by atoms with van der Waals surface area (Å²) >= 11 is 0. The summed E-state index contributed by atoms with van der Waals surface area (Å²) in [6, 6.07) is 0.0739. The molecule has 3 unspecified atom stereocenters. The van der Waals surface area contributed by atoms with E-state index < -0.39 is 26.5 Å². The third kappa shape index (κ3) is 2.80. The van der Waals surface area contributed by atoms with Gasteiger partial charge in [0.05, 0.1) is 5.25 Å². The summed E-state index contributed by atoms with van der Waals surface area (Å²) in [5, 5.41) is 2.45. The molecule has 1 fully saturated rings. The standard InChI is InChI=1S/C11H22N2O3S/c1-4-8(2)13-11(10(12)14)7-5-6-9(11)17(3,15)16/h8-9,13H,4-7H2,1-3H3,(H2,12,14). The Morgan fingerprint density at radius 3 is 2.59 bits per heavy atom. The number of primary amides is 1. The minimum Gasteiger partial charge on any atom is -0.368 e. The largest absolute Gasteiger partial charge is 0.368 e. The number of nitrogens with two attached hydrogens (primary N) is 1. The quantitative estimate of drug-likeness (QED) is 0.740. The first kappa shape index (κ1) is 14.4. The van der Waals surface area contributed by atoms with Crippen LogP contribution in [0.1, 0.15) is 39.5 Å². The Balaban J connectivity index is 3.10. The normalized spacial score (nSPS) is 31.4. The Bertz CT molecular complexity index is 394. The monoisotopic (exact) mass is 262 g/mol. The van der Waals surface area contributed by atoms with Crippen molar-refractivity contribution >= 4 is 15.7 Å². The zero-order chi connectivity index (χ0) is 13.3. The molecule has 6 heteroatoms. The summed E-state index contributed by atoms with van der Waals surface area (Å²) in [7, 11) is -3.27. The average molecular weight is 262 g/mol. The van der Waals surface area contributed by atoms with E-state index in [9.17, 15) is 13.2 Å². The van der Waals surface area contributed by atoms with Gasteiger partial charge < -0.3 is 5.73 Å². The molecule has 1 amide bonds.